The van der Waals surface area contributed by atoms with E-state index >= 15 is 0 Å². The van der Waals surface area contributed by atoms with Crippen LogP contribution in [0.1, 0.15) is 11.1 Å². The van der Waals surface area contributed by atoms with E-state index in [2.05, 4.69) is 10.5 Å². The Hall–Kier alpha value is -3.80. The maximum absolute atomic E-state index is 11.8. The molecule has 0 bridgehead atoms. The first-order valence-electron chi connectivity index (χ1n) is 9.08. The first-order chi connectivity index (χ1) is 14.2. The molecule has 0 radical (unpaired) electrons. The Kier molecular flexibility index (Phi) is 7.23. The van der Waals surface area contributed by atoms with Crippen molar-refractivity contribution >= 4 is 12.1 Å². The lowest BCUT2D eigenvalue weighted by atomic mass is 10.2. The number of nitrogens with one attached hydrogen (secondary N) is 1. The second-order valence-corrected chi connectivity index (χ2v) is 6.10. The van der Waals surface area contributed by atoms with Crippen molar-refractivity contribution in [3.63, 3.8) is 0 Å². The summed E-state index contributed by atoms with van der Waals surface area (Å²) in [7, 11) is 1.61. The Morgan fingerprint density at radius 2 is 1.48 bits per heavy atom. The highest BCUT2D eigenvalue weighted by molar-refractivity contribution is 5.83. The molecule has 0 spiro atoms. The van der Waals surface area contributed by atoms with E-state index in [-0.39, 0.29) is 12.5 Å². The van der Waals surface area contributed by atoms with E-state index in [1.54, 1.807) is 37.6 Å². The molecule has 1 amide bonds. The van der Waals surface area contributed by atoms with Gasteiger partial charge in [-0.25, -0.2) is 5.43 Å². The predicted molar refractivity (Wildman–Crippen MR) is 111 cm³/mol. The molecule has 0 aliphatic carbocycles. The van der Waals surface area contributed by atoms with Crippen LogP contribution in [0.15, 0.2) is 84.0 Å². The number of hydrogen-bond donors (Lipinski definition) is 1. The summed E-state index contributed by atoms with van der Waals surface area (Å²) in [6.07, 6.45) is 1.55. The zero-order valence-electron chi connectivity index (χ0n) is 16.1. The van der Waals surface area contributed by atoms with Gasteiger partial charge in [0.05, 0.1) is 13.3 Å². The summed E-state index contributed by atoms with van der Waals surface area (Å²) >= 11 is 0. The highest BCUT2D eigenvalue weighted by atomic mass is 16.5. The monoisotopic (exact) mass is 390 g/mol. The fourth-order valence-electron chi connectivity index (χ4n) is 2.42. The standard InChI is InChI=1S/C23H22N2O4/c1-27-20-9-7-18(8-10-20)15-24-25-23(26)17-29-22-13-11-21(12-14-22)28-16-19-5-3-2-4-6-19/h2-15H,16-17H2,1H3,(H,25,26)/b24-15+. The van der Waals surface area contributed by atoms with Crippen LogP contribution in [0.3, 0.4) is 0 Å². The number of carbonyl (C=O) groups is 1. The van der Waals surface area contributed by atoms with E-state index in [0.717, 1.165) is 22.6 Å². The van der Waals surface area contributed by atoms with Crippen LogP contribution in [-0.2, 0) is 11.4 Å². The van der Waals surface area contributed by atoms with E-state index in [0.29, 0.717) is 12.4 Å². The molecule has 0 atom stereocenters. The van der Waals surface area contributed by atoms with Gasteiger partial charge in [-0.05, 0) is 59.7 Å². The van der Waals surface area contributed by atoms with Crippen molar-refractivity contribution in [2.75, 3.05) is 13.7 Å². The Labute approximate surface area is 169 Å². The molecule has 0 aliphatic rings. The summed E-state index contributed by atoms with van der Waals surface area (Å²) in [4.78, 5) is 11.8. The van der Waals surface area contributed by atoms with Crippen LogP contribution in [-0.4, -0.2) is 25.8 Å². The van der Waals surface area contributed by atoms with Crippen LogP contribution in [0.4, 0.5) is 0 Å². The van der Waals surface area contributed by atoms with Crippen LogP contribution in [0.2, 0.25) is 0 Å². The lowest BCUT2D eigenvalue weighted by molar-refractivity contribution is -0.123. The molecule has 0 aliphatic heterocycles. The number of rotatable bonds is 9. The van der Waals surface area contributed by atoms with Crippen molar-refractivity contribution in [3.05, 3.63) is 90.0 Å². The van der Waals surface area contributed by atoms with E-state index in [9.17, 15) is 4.79 Å². The molecule has 148 valence electrons. The third kappa shape index (κ3) is 6.70. The van der Waals surface area contributed by atoms with Gasteiger partial charge in [-0.15, -0.1) is 0 Å². The second-order valence-electron chi connectivity index (χ2n) is 6.10. The molecular formula is C23H22N2O4. The van der Waals surface area contributed by atoms with E-state index < -0.39 is 0 Å². The van der Waals surface area contributed by atoms with Crippen molar-refractivity contribution in [2.24, 2.45) is 5.10 Å². The Bertz CT molecular complexity index is 923. The molecule has 0 heterocycles. The molecule has 6 nitrogen and oxygen atoms in total. The van der Waals surface area contributed by atoms with Crippen LogP contribution < -0.4 is 19.6 Å². The van der Waals surface area contributed by atoms with Gasteiger partial charge in [0.15, 0.2) is 6.61 Å². The third-order valence-electron chi connectivity index (χ3n) is 3.96. The van der Waals surface area contributed by atoms with E-state index in [4.69, 9.17) is 14.2 Å². The molecule has 6 heteroatoms. The van der Waals surface area contributed by atoms with Crippen molar-refractivity contribution in [2.45, 2.75) is 6.61 Å². The smallest absolute Gasteiger partial charge is 0.277 e. The van der Waals surface area contributed by atoms with Gasteiger partial charge in [0.25, 0.3) is 5.91 Å². The molecule has 0 saturated heterocycles. The summed E-state index contributed by atoms with van der Waals surface area (Å²) in [6.45, 7) is 0.361. The fourth-order valence-corrected chi connectivity index (χ4v) is 2.42. The molecule has 1 N–H and O–H groups in total. The van der Waals surface area contributed by atoms with Gasteiger partial charge in [0.1, 0.15) is 23.9 Å². The number of nitrogens with zero attached hydrogens (tertiary/aromatic N) is 1. The summed E-state index contributed by atoms with van der Waals surface area (Å²) in [5.41, 5.74) is 4.37. The van der Waals surface area contributed by atoms with Crippen LogP contribution in [0.5, 0.6) is 17.2 Å². The highest BCUT2D eigenvalue weighted by Gasteiger charge is 2.02. The number of ether oxygens (including phenoxy) is 3. The molecular weight excluding hydrogens is 368 g/mol. The molecule has 29 heavy (non-hydrogen) atoms. The van der Waals surface area contributed by atoms with Gasteiger partial charge in [0.2, 0.25) is 0 Å². The van der Waals surface area contributed by atoms with Gasteiger partial charge >= 0.3 is 0 Å². The number of methoxy groups -OCH3 is 1. The molecule has 0 unspecified atom stereocenters. The van der Waals surface area contributed by atoms with E-state index in [1.165, 1.54) is 0 Å². The van der Waals surface area contributed by atoms with E-state index in [1.807, 2.05) is 54.6 Å². The molecule has 0 fully saturated rings. The minimum Gasteiger partial charge on any atom is -0.497 e. The average Bonchev–Trinajstić information content (AvgIpc) is 2.78. The average molecular weight is 390 g/mol. The maximum Gasteiger partial charge on any atom is 0.277 e. The van der Waals surface area contributed by atoms with Crippen LogP contribution in [0, 0.1) is 0 Å². The summed E-state index contributed by atoms with van der Waals surface area (Å²) in [6, 6.07) is 24.4. The van der Waals surface area contributed by atoms with Gasteiger partial charge in [0, 0.05) is 0 Å². The Morgan fingerprint density at radius 3 is 2.14 bits per heavy atom. The van der Waals surface area contributed by atoms with Gasteiger partial charge in [-0.3, -0.25) is 4.79 Å². The minimum absolute atomic E-state index is 0.135. The van der Waals surface area contributed by atoms with Crippen LogP contribution >= 0.6 is 0 Å². The highest BCUT2D eigenvalue weighted by Crippen LogP contribution is 2.18. The Balaban J connectivity index is 1.39. The Morgan fingerprint density at radius 1 is 0.862 bits per heavy atom. The quantitative estimate of drug-likeness (QED) is 0.446. The number of hydrogen-bond acceptors (Lipinski definition) is 5. The van der Waals surface area contributed by atoms with Crippen molar-refractivity contribution in [1.82, 2.24) is 5.43 Å². The molecule has 3 aromatic rings. The van der Waals surface area contributed by atoms with Gasteiger partial charge < -0.3 is 14.2 Å². The molecule has 0 aromatic heterocycles. The van der Waals surface area contributed by atoms with Crippen molar-refractivity contribution in [1.29, 1.82) is 0 Å². The largest absolute Gasteiger partial charge is 0.497 e. The molecule has 3 rings (SSSR count). The molecule has 3 aromatic carbocycles. The number of carbonyl (C=O) groups excluding carboxylic acids is 1. The third-order valence-corrected chi connectivity index (χ3v) is 3.96. The first-order valence-corrected chi connectivity index (χ1v) is 9.08. The minimum atomic E-state index is -0.348. The lowest BCUT2D eigenvalue weighted by Crippen LogP contribution is -2.24. The summed E-state index contributed by atoms with van der Waals surface area (Å²) < 4.78 is 16.3. The second kappa shape index (κ2) is 10.5. The maximum atomic E-state index is 11.8. The first kappa shape index (κ1) is 19.9. The normalized spacial score (nSPS) is 10.5. The zero-order chi connectivity index (χ0) is 20.3. The SMILES string of the molecule is COc1ccc(/C=N/NC(=O)COc2ccc(OCc3ccccc3)cc2)cc1. The number of amides is 1. The summed E-state index contributed by atoms with van der Waals surface area (Å²) in [5, 5.41) is 3.91. The van der Waals surface area contributed by atoms with Gasteiger partial charge in [-0.1, -0.05) is 30.3 Å². The van der Waals surface area contributed by atoms with Gasteiger partial charge in [-0.2, -0.15) is 5.10 Å². The predicted octanol–water partition coefficient (Wildman–Crippen LogP) is 3.80. The summed E-state index contributed by atoms with van der Waals surface area (Å²) in [5.74, 6) is 1.72. The number of hydrazone groups is 1. The fraction of sp³-hybridized carbons (Fsp3) is 0.130. The lowest BCUT2D eigenvalue weighted by Gasteiger charge is -2.08. The zero-order valence-corrected chi connectivity index (χ0v) is 16.1. The number of benzene rings is 3. The van der Waals surface area contributed by atoms with Crippen molar-refractivity contribution < 1.29 is 19.0 Å². The topological polar surface area (TPSA) is 69.2 Å². The van der Waals surface area contributed by atoms with Crippen LogP contribution in [0.25, 0.3) is 0 Å². The molecule has 0 saturated carbocycles. The van der Waals surface area contributed by atoms with Crippen molar-refractivity contribution in [3.8, 4) is 17.2 Å².